The molecule has 0 unspecified atom stereocenters. The molecule has 2 aliphatic rings. The summed E-state index contributed by atoms with van der Waals surface area (Å²) in [5, 5.41) is 24.2. The smallest absolute Gasteiger partial charge is 0.410 e. The van der Waals surface area contributed by atoms with Crippen LogP contribution in [-0.2, 0) is 29.2 Å². The second kappa shape index (κ2) is 22.1. The fourth-order valence-corrected chi connectivity index (χ4v) is 5.78. The van der Waals surface area contributed by atoms with Gasteiger partial charge in [-0.3, -0.25) is 25.0 Å². The van der Waals surface area contributed by atoms with E-state index in [1.54, 1.807) is 21.9 Å². The van der Waals surface area contributed by atoms with Gasteiger partial charge in [0.25, 0.3) is 11.4 Å². The zero-order chi connectivity index (χ0) is 39.4. The maximum atomic E-state index is 12.3. The lowest BCUT2D eigenvalue weighted by Gasteiger charge is -2.32. The average molecular weight is 755 g/mol. The first kappa shape index (κ1) is 41.6. The summed E-state index contributed by atoms with van der Waals surface area (Å²) < 4.78 is 10.7. The number of rotatable bonds is 10. The molecule has 4 aromatic carbocycles. The molecule has 2 amide bonds. The normalized spacial score (nSPS) is 16.2. The van der Waals surface area contributed by atoms with Crippen LogP contribution in [0.1, 0.15) is 52.7 Å². The number of likely N-dealkylation sites (tertiary alicyclic amines) is 2. The van der Waals surface area contributed by atoms with E-state index in [1.807, 2.05) is 60.7 Å². The Kier molecular flexibility index (Phi) is 16.7. The highest BCUT2D eigenvalue weighted by Crippen LogP contribution is 2.16. The third-order valence-corrected chi connectivity index (χ3v) is 8.79. The van der Waals surface area contributed by atoms with E-state index >= 15 is 0 Å². The molecule has 290 valence electrons. The van der Waals surface area contributed by atoms with Gasteiger partial charge in [0.1, 0.15) is 19.5 Å². The number of nitro benzene ring substituents is 2. The number of carbonyl (C=O) groups is 3. The first-order valence-corrected chi connectivity index (χ1v) is 17.9. The number of nitro groups is 2. The molecule has 0 aliphatic carbocycles. The van der Waals surface area contributed by atoms with E-state index in [0.29, 0.717) is 44.6 Å². The summed E-state index contributed by atoms with van der Waals surface area (Å²) in [5.41, 5.74) is 9.29. The van der Waals surface area contributed by atoms with Crippen molar-refractivity contribution < 1.29 is 33.7 Å². The largest absolute Gasteiger partial charge is 0.445 e. The number of carbonyl (C=O) groups excluding carboxylic acids is 3. The summed E-state index contributed by atoms with van der Waals surface area (Å²) in [6, 6.07) is 31.5. The zero-order valence-electron chi connectivity index (χ0n) is 30.4. The minimum atomic E-state index is -0.505. The second-order valence-corrected chi connectivity index (χ2v) is 13.0. The molecular weight excluding hydrogens is 708 g/mol. The average Bonchev–Trinajstić information content (AvgIpc) is 3.22. The molecule has 0 bridgehead atoms. The van der Waals surface area contributed by atoms with Gasteiger partial charge in [0.15, 0.2) is 0 Å². The van der Waals surface area contributed by atoms with Gasteiger partial charge >= 0.3 is 12.2 Å². The van der Waals surface area contributed by atoms with E-state index in [4.69, 9.17) is 15.2 Å². The Morgan fingerprint density at radius 3 is 1.64 bits per heavy atom. The molecule has 0 spiro atoms. The summed E-state index contributed by atoms with van der Waals surface area (Å²) in [5.74, 6) is 0. The quantitative estimate of drug-likeness (QED) is 0.0999. The van der Waals surface area contributed by atoms with Gasteiger partial charge in [-0.15, -0.1) is 0 Å². The lowest BCUT2D eigenvalue weighted by molar-refractivity contribution is -0.385. The summed E-state index contributed by atoms with van der Waals surface area (Å²) in [7, 11) is 0. The number of hydrogen-bond donors (Lipinski definition) is 2. The Morgan fingerprint density at radius 1 is 0.691 bits per heavy atom. The lowest BCUT2D eigenvalue weighted by Crippen LogP contribution is -2.47. The van der Waals surface area contributed by atoms with Gasteiger partial charge in [0.2, 0.25) is 0 Å². The topological polar surface area (TPSA) is 200 Å². The first-order valence-electron chi connectivity index (χ1n) is 17.9. The van der Waals surface area contributed by atoms with Crippen LogP contribution in [0.3, 0.4) is 0 Å². The number of ether oxygens (including phenoxy) is 2. The number of amides is 2. The van der Waals surface area contributed by atoms with Gasteiger partial charge in [0.05, 0.1) is 9.85 Å². The van der Waals surface area contributed by atoms with Crippen LogP contribution in [0.4, 0.5) is 21.0 Å². The van der Waals surface area contributed by atoms with Crippen molar-refractivity contribution in [1.29, 1.82) is 0 Å². The van der Waals surface area contributed by atoms with Crippen LogP contribution in [0.5, 0.6) is 0 Å². The number of piperidine rings is 2. The highest BCUT2D eigenvalue weighted by Gasteiger charge is 2.25. The molecule has 0 radical (unpaired) electrons. The van der Waals surface area contributed by atoms with Gasteiger partial charge in [0, 0.05) is 74.6 Å². The van der Waals surface area contributed by atoms with E-state index in [2.05, 4.69) is 5.32 Å². The first-order chi connectivity index (χ1) is 26.6. The van der Waals surface area contributed by atoms with E-state index in [1.165, 1.54) is 36.4 Å². The molecule has 6 rings (SSSR count). The van der Waals surface area contributed by atoms with Crippen LogP contribution in [0.15, 0.2) is 109 Å². The van der Waals surface area contributed by atoms with Crippen LogP contribution < -0.4 is 11.1 Å². The fourth-order valence-electron chi connectivity index (χ4n) is 5.78. The molecule has 15 heteroatoms. The molecule has 2 heterocycles. The molecule has 2 atom stereocenters. The maximum absolute atomic E-state index is 12.3. The van der Waals surface area contributed by atoms with Crippen LogP contribution in [0.25, 0.3) is 0 Å². The van der Waals surface area contributed by atoms with Crippen molar-refractivity contribution in [2.45, 2.75) is 57.5 Å². The summed E-state index contributed by atoms with van der Waals surface area (Å²) in [6.07, 6.45) is 3.94. The molecule has 3 N–H and O–H groups in total. The van der Waals surface area contributed by atoms with Crippen LogP contribution in [-0.4, -0.2) is 76.4 Å². The molecule has 55 heavy (non-hydrogen) atoms. The number of nitrogens with one attached hydrogen (secondary N) is 1. The Labute approximate surface area is 319 Å². The van der Waals surface area contributed by atoms with Gasteiger partial charge < -0.3 is 30.3 Å². The van der Waals surface area contributed by atoms with Crippen molar-refractivity contribution >= 4 is 29.8 Å². The SMILES string of the molecule is N[C@@H]1CCCN(C(=O)OCc2ccccc2)C1.O=C(OCc1ccccc1)N1CCC[C@@H](NCc2ccc([N+](=O)[O-])cc2)C1.O=Cc1ccc([N+](=O)[O-])cc1. The van der Waals surface area contributed by atoms with Gasteiger partial charge in [-0.1, -0.05) is 72.8 Å². The van der Waals surface area contributed by atoms with Crippen molar-refractivity contribution in [2.75, 3.05) is 26.2 Å². The van der Waals surface area contributed by atoms with Crippen molar-refractivity contribution in [3.63, 3.8) is 0 Å². The Bertz CT molecular complexity index is 1810. The van der Waals surface area contributed by atoms with Crippen molar-refractivity contribution in [1.82, 2.24) is 15.1 Å². The van der Waals surface area contributed by atoms with Gasteiger partial charge in [-0.05, 0) is 54.5 Å². The van der Waals surface area contributed by atoms with Crippen LogP contribution >= 0.6 is 0 Å². The van der Waals surface area contributed by atoms with Crippen molar-refractivity contribution in [3.05, 3.63) is 152 Å². The minimum absolute atomic E-state index is 0.00407. The molecule has 0 saturated carbocycles. The number of nitrogens with two attached hydrogens (primary N) is 1. The van der Waals surface area contributed by atoms with Gasteiger partial charge in [-0.25, -0.2) is 9.59 Å². The van der Waals surface area contributed by atoms with Crippen molar-refractivity contribution in [3.8, 4) is 0 Å². The van der Waals surface area contributed by atoms with E-state index in [0.717, 1.165) is 48.9 Å². The molecule has 4 aromatic rings. The number of aldehydes is 1. The Hall–Kier alpha value is -6.19. The maximum Gasteiger partial charge on any atom is 0.410 e. The monoisotopic (exact) mass is 754 g/mol. The van der Waals surface area contributed by atoms with Gasteiger partial charge in [-0.2, -0.15) is 0 Å². The summed E-state index contributed by atoms with van der Waals surface area (Å²) >= 11 is 0. The number of hydrogen-bond acceptors (Lipinski definition) is 11. The third kappa shape index (κ3) is 14.6. The standard InChI is InChI=1S/C20H23N3O4.C13H18N2O2.C7H5NO3/c24-20(27-15-17-5-2-1-3-6-17)22-12-4-7-18(14-22)21-13-16-8-10-19(11-9-16)23(25)26;14-12-7-4-8-15(9-12)13(16)17-10-11-5-2-1-3-6-11;9-5-6-1-3-7(4-2-6)8(10)11/h1-3,5-6,8-11,18,21H,4,7,12-15H2;1-3,5-6,12H,4,7-10,14H2;1-5H/t18-;12-;/m11./s1. The highest BCUT2D eigenvalue weighted by molar-refractivity contribution is 5.75. The molecular formula is C40H46N6O9. The summed E-state index contributed by atoms with van der Waals surface area (Å²) in [6.45, 7) is 3.86. The number of benzene rings is 4. The molecule has 15 nitrogen and oxygen atoms in total. The lowest BCUT2D eigenvalue weighted by atomic mass is 10.1. The predicted molar refractivity (Wildman–Crippen MR) is 205 cm³/mol. The third-order valence-electron chi connectivity index (χ3n) is 8.79. The fraction of sp³-hybridized carbons (Fsp3) is 0.325. The molecule has 2 aliphatic heterocycles. The van der Waals surface area contributed by atoms with Crippen molar-refractivity contribution in [2.24, 2.45) is 5.73 Å². The number of nitrogens with zero attached hydrogens (tertiary/aromatic N) is 4. The molecule has 0 aromatic heterocycles. The van der Waals surface area contributed by atoms with Crippen LogP contribution in [0.2, 0.25) is 0 Å². The van der Waals surface area contributed by atoms with E-state index in [9.17, 15) is 34.6 Å². The predicted octanol–water partition coefficient (Wildman–Crippen LogP) is 6.64. The highest BCUT2D eigenvalue weighted by atomic mass is 16.6. The summed E-state index contributed by atoms with van der Waals surface area (Å²) in [4.78, 5) is 57.5. The molecule has 2 fully saturated rings. The van der Waals surface area contributed by atoms with Crippen LogP contribution in [0, 0.1) is 20.2 Å². The Balaban J connectivity index is 0.000000204. The zero-order valence-corrected chi connectivity index (χ0v) is 30.4. The second-order valence-electron chi connectivity index (χ2n) is 13.0. The van der Waals surface area contributed by atoms with E-state index < -0.39 is 9.85 Å². The Morgan fingerprint density at radius 2 is 1.16 bits per heavy atom. The minimum Gasteiger partial charge on any atom is -0.445 e. The van der Waals surface area contributed by atoms with E-state index in [-0.39, 0.29) is 42.3 Å². The molecule has 2 saturated heterocycles. The number of non-ortho nitro benzene ring substituents is 2.